The first-order valence-electron chi connectivity index (χ1n) is 6.92. The summed E-state index contributed by atoms with van der Waals surface area (Å²) >= 11 is 0. The van der Waals surface area contributed by atoms with Crippen LogP contribution in [-0.2, 0) is 12.8 Å². The van der Waals surface area contributed by atoms with E-state index in [9.17, 15) is 4.79 Å². The fourth-order valence-electron chi connectivity index (χ4n) is 2.90. The lowest BCUT2D eigenvalue weighted by Crippen LogP contribution is -2.23. The number of carbonyl (C=O) groups is 1. The summed E-state index contributed by atoms with van der Waals surface area (Å²) in [6.45, 7) is 1.98. The van der Waals surface area contributed by atoms with Crippen LogP contribution in [0.1, 0.15) is 46.6 Å². The van der Waals surface area contributed by atoms with Crippen LogP contribution in [0, 0.1) is 0 Å². The maximum absolute atomic E-state index is 12.4. The van der Waals surface area contributed by atoms with Gasteiger partial charge in [0.25, 0.3) is 0 Å². The van der Waals surface area contributed by atoms with Crippen LogP contribution in [0.4, 0.5) is 5.95 Å². The fraction of sp³-hybridized carbons (Fsp3) is 0.312. The van der Waals surface area contributed by atoms with Crippen molar-refractivity contribution >= 4 is 11.7 Å². The summed E-state index contributed by atoms with van der Waals surface area (Å²) in [6, 6.07) is 10.1. The SMILES string of the molecule is CCc1nc(N)nc2c1C(=O)C[C@H](c1ccccc1)C2. The molecule has 1 aromatic carbocycles. The Morgan fingerprint density at radius 2 is 1.95 bits per heavy atom. The molecule has 0 spiro atoms. The lowest BCUT2D eigenvalue weighted by Gasteiger charge is -2.24. The molecule has 1 aliphatic carbocycles. The Labute approximate surface area is 118 Å². The minimum absolute atomic E-state index is 0.136. The maximum Gasteiger partial charge on any atom is 0.220 e. The van der Waals surface area contributed by atoms with Crippen LogP contribution in [0.25, 0.3) is 0 Å². The molecule has 4 heteroatoms. The minimum atomic E-state index is 0.136. The van der Waals surface area contributed by atoms with Gasteiger partial charge in [-0.05, 0) is 24.3 Å². The quantitative estimate of drug-likeness (QED) is 0.907. The molecule has 2 aromatic rings. The number of fused-ring (bicyclic) bond motifs is 1. The highest BCUT2D eigenvalue weighted by atomic mass is 16.1. The van der Waals surface area contributed by atoms with Gasteiger partial charge in [-0.1, -0.05) is 37.3 Å². The Bertz CT molecular complexity index is 652. The van der Waals surface area contributed by atoms with Crippen molar-refractivity contribution in [3.05, 3.63) is 52.8 Å². The van der Waals surface area contributed by atoms with Gasteiger partial charge >= 0.3 is 0 Å². The number of benzene rings is 1. The molecule has 1 atom stereocenters. The minimum Gasteiger partial charge on any atom is -0.368 e. The van der Waals surface area contributed by atoms with Gasteiger partial charge in [-0.3, -0.25) is 4.79 Å². The number of nitrogen functional groups attached to an aromatic ring is 1. The first-order chi connectivity index (χ1) is 9.69. The van der Waals surface area contributed by atoms with Crippen molar-refractivity contribution < 1.29 is 4.79 Å². The molecule has 3 rings (SSSR count). The number of Topliss-reactive ketones (excluding diaryl/α,β-unsaturated/α-hetero) is 1. The van der Waals surface area contributed by atoms with Gasteiger partial charge in [-0.25, -0.2) is 9.97 Å². The van der Waals surface area contributed by atoms with Gasteiger partial charge in [0.1, 0.15) is 0 Å². The van der Waals surface area contributed by atoms with E-state index in [1.807, 2.05) is 25.1 Å². The van der Waals surface area contributed by atoms with E-state index >= 15 is 0 Å². The lowest BCUT2D eigenvalue weighted by molar-refractivity contribution is 0.0961. The van der Waals surface area contributed by atoms with Crippen LogP contribution in [0.3, 0.4) is 0 Å². The summed E-state index contributed by atoms with van der Waals surface area (Å²) in [4.78, 5) is 20.9. The second kappa shape index (κ2) is 5.04. The van der Waals surface area contributed by atoms with Crippen LogP contribution in [0.15, 0.2) is 30.3 Å². The van der Waals surface area contributed by atoms with E-state index in [1.165, 1.54) is 5.56 Å². The number of aryl methyl sites for hydroxylation is 1. The van der Waals surface area contributed by atoms with Crippen molar-refractivity contribution in [2.45, 2.75) is 32.1 Å². The van der Waals surface area contributed by atoms with Crippen molar-refractivity contribution in [3.63, 3.8) is 0 Å². The van der Waals surface area contributed by atoms with E-state index in [0.717, 1.165) is 17.8 Å². The van der Waals surface area contributed by atoms with Crippen LogP contribution in [-0.4, -0.2) is 15.8 Å². The standard InChI is InChI=1S/C16H17N3O/c1-2-12-15-13(19-16(17)18-12)8-11(9-14(15)20)10-6-4-3-5-7-10/h3-7,11H,2,8-9H2,1H3,(H2,17,18,19)/t11-/m1/s1. The van der Waals surface area contributed by atoms with Crippen molar-refractivity contribution in [3.8, 4) is 0 Å². The zero-order valence-corrected chi connectivity index (χ0v) is 11.5. The fourth-order valence-corrected chi connectivity index (χ4v) is 2.90. The summed E-state index contributed by atoms with van der Waals surface area (Å²) in [5.41, 5.74) is 9.23. The number of nitrogens with two attached hydrogens (primary N) is 1. The van der Waals surface area contributed by atoms with Gasteiger partial charge < -0.3 is 5.73 Å². The van der Waals surface area contributed by atoms with Crippen LogP contribution < -0.4 is 5.73 Å². The van der Waals surface area contributed by atoms with Gasteiger partial charge in [-0.2, -0.15) is 0 Å². The number of aromatic nitrogens is 2. The smallest absolute Gasteiger partial charge is 0.220 e. The normalized spacial score (nSPS) is 17.9. The van der Waals surface area contributed by atoms with Crippen molar-refractivity contribution in [2.75, 3.05) is 5.73 Å². The second-order valence-electron chi connectivity index (χ2n) is 5.14. The number of nitrogens with zero attached hydrogens (tertiary/aromatic N) is 2. The summed E-state index contributed by atoms with van der Waals surface area (Å²) in [7, 11) is 0. The molecule has 0 saturated heterocycles. The van der Waals surface area contributed by atoms with Gasteiger partial charge in [0.05, 0.1) is 17.0 Å². The molecular weight excluding hydrogens is 250 g/mol. The lowest BCUT2D eigenvalue weighted by atomic mass is 9.81. The molecular formula is C16H17N3O. The maximum atomic E-state index is 12.4. The Kier molecular flexibility index (Phi) is 3.22. The third-order valence-electron chi connectivity index (χ3n) is 3.83. The van der Waals surface area contributed by atoms with Gasteiger partial charge in [0, 0.05) is 6.42 Å². The van der Waals surface area contributed by atoms with Crippen molar-refractivity contribution in [1.29, 1.82) is 0 Å². The zero-order valence-electron chi connectivity index (χ0n) is 11.5. The molecule has 1 aliphatic rings. The zero-order chi connectivity index (χ0) is 14.1. The Morgan fingerprint density at radius 1 is 1.20 bits per heavy atom. The molecule has 0 saturated carbocycles. The van der Waals surface area contributed by atoms with Crippen LogP contribution >= 0.6 is 0 Å². The predicted octanol–water partition coefficient (Wildman–Crippen LogP) is 2.53. The molecule has 1 aromatic heterocycles. The molecule has 0 aliphatic heterocycles. The van der Waals surface area contributed by atoms with E-state index in [1.54, 1.807) is 0 Å². The number of hydrogen-bond donors (Lipinski definition) is 1. The molecule has 4 nitrogen and oxygen atoms in total. The summed E-state index contributed by atoms with van der Waals surface area (Å²) < 4.78 is 0. The average Bonchev–Trinajstić information content (AvgIpc) is 2.46. The molecule has 0 bridgehead atoms. The van der Waals surface area contributed by atoms with Gasteiger partial charge in [0.2, 0.25) is 5.95 Å². The molecule has 0 fully saturated rings. The Hall–Kier alpha value is -2.23. The highest BCUT2D eigenvalue weighted by molar-refractivity contribution is 5.99. The highest BCUT2D eigenvalue weighted by Gasteiger charge is 2.30. The number of hydrogen-bond acceptors (Lipinski definition) is 4. The predicted molar refractivity (Wildman–Crippen MR) is 77.7 cm³/mol. The number of ketones is 1. The van der Waals surface area contributed by atoms with Crippen molar-refractivity contribution in [2.24, 2.45) is 0 Å². The first kappa shape index (κ1) is 12.8. The second-order valence-corrected chi connectivity index (χ2v) is 5.14. The van der Waals surface area contributed by atoms with E-state index in [0.29, 0.717) is 18.4 Å². The summed E-state index contributed by atoms with van der Waals surface area (Å²) in [5.74, 6) is 0.592. The topological polar surface area (TPSA) is 68.9 Å². The summed E-state index contributed by atoms with van der Waals surface area (Å²) in [6.07, 6.45) is 1.99. The Balaban J connectivity index is 2.03. The average molecular weight is 267 g/mol. The third kappa shape index (κ3) is 2.18. The largest absolute Gasteiger partial charge is 0.368 e. The molecule has 1 heterocycles. The molecule has 0 unspecified atom stereocenters. The first-order valence-corrected chi connectivity index (χ1v) is 6.92. The van der Waals surface area contributed by atoms with Crippen LogP contribution in [0.2, 0.25) is 0 Å². The third-order valence-corrected chi connectivity index (χ3v) is 3.83. The molecule has 0 amide bonds. The van der Waals surface area contributed by atoms with Gasteiger partial charge in [0.15, 0.2) is 5.78 Å². The highest BCUT2D eigenvalue weighted by Crippen LogP contribution is 2.33. The van der Waals surface area contributed by atoms with Gasteiger partial charge in [-0.15, -0.1) is 0 Å². The Morgan fingerprint density at radius 3 is 2.65 bits per heavy atom. The van der Waals surface area contributed by atoms with Crippen molar-refractivity contribution in [1.82, 2.24) is 9.97 Å². The molecule has 20 heavy (non-hydrogen) atoms. The molecule has 2 N–H and O–H groups in total. The molecule has 102 valence electrons. The monoisotopic (exact) mass is 267 g/mol. The summed E-state index contributed by atoms with van der Waals surface area (Å²) in [5, 5.41) is 0. The van der Waals surface area contributed by atoms with E-state index < -0.39 is 0 Å². The van der Waals surface area contributed by atoms with Crippen LogP contribution in [0.5, 0.6) is 0 Å². The molecule has 0 radical (unpaired) electrons. The van der Waals surface area contributed by atoms with E-state index in [2.05, 4.69) is 22.1 Å². The number of rotatable bonds is 2. The number of anilines is 1. The number of carbonyl (C=O) groups excluding carboxylic acids is 1. The van der Waals surface area contributed by atoms with E-state index in [-0.39, 0.29) is 17.6 Å². The van der Waals surface area contributed by atoms with E-state index in [4.69, 9.17) is 5.73 Å².